The Morgan fingerprint density at radius 3 is 2.59 bits per heavy atom. The number of likely N-dealkylation sites (tertiary alicyclic amines) is 1. The second kappa shape index (κ2) is 6.90. The molecule has 2 aliphatic rings. The average Bonchev–Trinajstić information content (AvgIpc) is 3.15. The molecule has 27 heavy (non-hydrogen) atoms. The fourth-order valence-corrected chi connectivity index (χ4v) is 4.16. The summed E-state index contributed by atoms with van der Waals surface area (Å²) in [5.41, 5.74) is -1.37. The summed E-state index contributed by atoms with van der Waals surface area (Å²) >= 11 is 0. The van der Waals surface area contributed by atoms with Crippen molar-refractivity contribution in [3.8, 4) is 5.75 Å². The highest BCUT2D eigenvalue weighted by molar-refractivity contribution is 6.09. The number of aliphatic hydroxyl groups is 1. The van der Waals surface area contributed by atoms with Crippen molar-refractivity contribution in [1.82, 2.24) is 10.2 Å². The molecule has 8 nitrogen and oxygen atoms in total. The maximum atomic E-state index is 13.6. The van der Waals surface area contributed by atoms with Crippen molar-refractivity contribution in [1.29, 1.82) is 0 Å². The largest absolute Gasteiger partial charge is 0.496 e. The van der Waals surface area contributed by atoms with E-state index in [-0.39, 0.29) is 12.3 Å². The van der Waals surface area contributed by atoms with Crippen LogP contribution in [0, 0.1) is 17.7 Å². The standard InChI is InChI=1S/C18H21FN2O6/c1-4-21-15(23)12-13(16(21)24)18(8-22,17(25)27-3)20-14(12)10-6-5-9(19)7-11(10)26-2/h5-7,12-14,20,22H,4,8H2,1-3H3/t12-,13-,14-,18-/m0/s1. The minimum atomic E-state index is -1.78. The van der Waals surface area contributed by atoms with Gasteiger partial charge in [-0.3, -0.25) is 19.8 Å². The molecular formula is C18H21FN2O6. The SMILES string of the molecule is CCN1C(=O)[C@H]2[C@@H](C1=O)[C@@](CO)(C(=O)OC)N[C@H]2c1ccc(F)cc1OC. The lowest BCUT2D eigenvalue weighted by atomic mass is 9.79. The lowest BCUT2D eigenvalue weighted by Gasteiger charge is -2.30. The van der Waals surface area contributed by atoms with E-state index >= 15 is 0 Å². The lowest BCUT2D eigenvalue weighted by Crippen LogP contribution is -2.58. The molecule has 0 bridgehead atoms. The number of aliphatic hydroxyl groups excluding tert-OH is 1. The fourth-order valence-electron chi connectivity index (χ4n) is 4.16. The van der Waals surface area contributed by atoms with E-state index in [2.05, 4.69) is 5.32 Å². The number of esters is 1. The number of methoxy groups -OCH3 is 2. The number of carbonyl (C=O) groups excluding carboxylic acids is 3. The van der Waals surface area contributed by atoms with Gasteiger partial charge in [0.25, 0.3) is 0 Å². The third kappa shape index (κ3) is 2.61. The molecule has 0 aromatic heterocycles. The predicted octanol–water partition coefficient (Wildman–Crippen LogP) is 0.00380. The minimum Gasteiger partial charge on any atom is -0.496 e. The van der Waals surface area contributed by atoms with E-state index in [4.69, 9.17) is 9.47 Å². The highest BCUT2D eigenvalue weighted by atomic mass is 19.1. The molecule has 146 valence electrons. The summed E-state index contributed by atoms with van der Waals surface area (Å²) in [6.07, 6.45) is 0. The quantitative estimate of drug-likeness (QED) is 0.547. The zero-order chi connectivity index (χ0) is 19.9. The van der Waals surface area contributed by atoms with Crippen LogP contribution in [0.25, 0.3) is 0 Å². The number of hydrogen-bond donors (Lipinski definition) is 2. The number of imide groups is 1. The first-order valence-electron chi connectivity index (χ1n) is 8.51. The van der Waals surface area contributed by atoms with Gasteiger partial charge in [0.1, 0.15) is 11.6 Å². The van der Waals surface area contributed by atoms with Gasteiger partial charge in [0, 0.05) is 24.2 Å². The molecule has 1 aromatic rings. The molecule has 1 aromatic carbocycles. The monoisotopic (exact) mass is 380 g/mol. The maximum absolute atomic E-state index is 13.6. The zero-order valence-electron chi connectivity index (χ0n) is 15.2. The number of amides is 2. The van der Waals surface area contributed by atoms with Gasteiger partial charge in [0.2, 0.25) is 11.8 Å². The van der Waals surface area contributed by atoms with Crippen molar-refractivity contribution in [3.05, 3.63) is 29.6 Å². The van der Waals surface area contributed by atoms with Crippen LogP contribution >= 0.6 is 0 Å². The van der Waals surface area contributed by atoms with E-state index in [1.54, 1.807) is 6.92 Å². The van der Waals surface area contributed by atoms with Gasteiger partial charge < -0.3 is 14.6 Å². The molecule has 0 spiro atoms. The van der Waals surface area contributed by atoms with Crippen molar-refractivity contribution >= 4 is 17.8 Å². The van der Waals surface area contributed by atoms with Crippen LogP contribution < -0.4 is 10.1 Å². The first-order valence-corrected chi connectivity index (χ1v) is 8.51. The van der Waals surface area contributed by atoms with Gasteiger partial charge in [-0.15, -0.1) is 0 Å². The number of rotatable bonds is 5. The summed E-state index contributed by atoms with van der Waals surface area (Å²) in [7, 11) is 2.49. The Morgan fingerprint density at radius 2 is 2.04 bits per heavy atom. The molecule has 2 fully saturated rings. The Hall–Kier alpha value is -2.52. The lowest BCUT2D eigenvalue weighted by molar-refractivity contribution is -0.156. The molecule has 2 saturated heterocycles. The second-order valence-corrected chi connectivity index (χ2v) is 6.55. The number of halogens is 1. The number of fused-ring (bicyclic) bond motifs is 1. The van der Waals surface area contributed by atoms with Crippen molar-refractivity contribution in [3.63, 3.8) is 0 Å². The zero-order valence-corrected chi connectivity index (χ0v) is 15.2. The highest BCUT2D eigenvalue weighted by Gasteiger charge is 2.68. The van der Waals surface area contributed by atoms with Crippen LogP contribution in [-0.2, 0) is 19.1 Å². The molecule has 2 amide bonds. The molecular weight excluding hydrogens is 359 g/mol. The van der Waals surface area contributed by atoms with Crippen molar-refractivity contribution < 1.29 is 33.4 Å². The molecule has 2 aliphatic heterocycles. The van der Waals surface area contributed by atoms with Crippen LogP contribution in [0.5, 0.6) is 5.75 Å². The van der Waals surface area contributed by atoms with Gasteiger partial charge in [0.15, 0.2) is 5.54 Å². The van der Waals surface area contributed by atoms with Crippen LogP contribution in [0.4, 0.5) is 4.39 Å². The van der Waals surface area contributed by atoms with Crippen LogP contribution in [0.2, 0.25) is 0 Å². The van der Waals surface area contributed by atoms with E-state index in [0.29, 0.717) is 5.56 Å². The normalized spacial score (nSPS) is 29.8. The van der Waals surface area contributed by atoms with Crippen LogP contribution in [-0.4, -0.2) is 60.7 Å². The summed E-state index contributed by atoms with van der Waals surface area (Å²) in [6.45, 7) is 1.05. The maximum Gasteiger partial charge on any atom is 0.329 e. The Labute approximate surface area is 155 Å². The topological polar surface area (TPSA) is 105 Å². The van der Waals surface area contributed by atoms with Gasteiger partial charge in [-0.25, -0.2) is 9.18 Å². The molecule has 0 radical (unpaired) electrons. The third-order valence-electron chi connectivity index (χ3n) is 5.39. The molecule has 0 unspecified atom stereocenters. The summed E-state index contributed by atoms with van der Waals surface area (Å²) in [5, 5.41) is 13.0. The smallest absolute Gasteiger partial charge is 0.329 e. The second-order valence-electron chi connectivity index (χ2n) is 6.55. The van der Waals surface area contributed by atoms with Gasteiger partial charge in [0.05, 0.1) is 32.7 Å². The number of nitrogens with zero attached hydrogens (tertiary/aromatic N) is 1. The van der Waals surface area contributed by atoms with E-state index in [9.17, 15) is 23.9 Å². The third-order valence-corrected chi connectivity index (χ3v) is 5.39. The molecule has 0 aliphatic carbocycles. The number of hydrogen-bond acceptors (Lipinski definition) is 7. The number of ether oxygens (including phenoxy) is 2. The average molecular weight is 380 g/mol. The fraction of sp³-hybridized carbons (Fsp3) is 0.500. The summed E-state index contributed by atoms with van der Waals surface area (Å²) in [4.78, 5) is 39.4. The molecule has 2 N–H and O–H groups in total. The van der Waals surface area contributed by atoms with Crippen molar-refractivity contribution in [2.24, 2.45) is 11.8 Å². The first-order chi connectivity index (χ1) is 12.9. The molecule has 3 rings (SSSR count). The highest BCUT2D eigenvalue weighted by Crippen LogP contribution is 2.50. The number of benzene rings is 1. The van der Waals surface area contributed by atoms with Gasteiger partial charge in [-0.1, -0.05) is 6.07 Å². The van der Waals surface area contributed by atoms with Crippen molar-refractivity contribution in [2.45, 2.75) is 18.5 Å². The van der Waals surface area contributed by atoms with Crippen LogP contribution in [0.15, 0.2) is 18.2 Å². The molecule has 2 heterocycles. The number of carbonyl (C=O) groups is 3. The first kappa shape index (κ1) is 19.2. The summed E-state index contributed by atoms with van der Waals surface area (Å²) in [5.74, 6) is -4.32. The van der Waals surface area contributed by atoms with E-state index in [0.717, 1.165) is 18.1 Å². The Balaban J connectivity index is 2.18. The predicted molar refractivity (Wildman–Crippen MR) is 90.0 cm³/mol. The molecule has 0 saturated carbocycles. The number of nitrogens with one attached hydrogen (secondary N) is 1. The molecule has 9 heteroatoms. The van der Waals surface area contributed by atoms with E-state index in [1.807, 2.05) is 0 Å². The molecule has 4 atom stereocenters. The van der Waals surface area contributed by atoms with Gasteiger partial charge >= 0.3 is 5.97 Å². The van der Waals surface area contributed by atoms with Gasteiger partial charge in [-0.2, -0.15) is 0 Å². The van der Waals surface area contributed by atoms with Crippen LogP contribution in [0.3, 0.4) is 0 Å². The Kier molecular flexibility index (Phi) is 4.92. The van der Waals surface area contributed by atoms with Gasteiger partial charge in [-0.05, 0) is 13.0 Å². The summed E-state index contributed by atoms with van der Waals surface area (Å²) < 4.78 is 23.6. The summed E-state index contributed by atoms with van der Waals surface area (Å²) in [6, 6.07) is 2.94. The van der Waals surface area contributed by atoms with E-state index < -0.39 is 53.6 Å². The van der Waals surface area contributed by atoms with Crippen molar-refractivity contribution in [2.75, 3.05) is 27.4 Å². The van der Waals surface area contributed by atoms with E-state index in [1.165, 1.54) is 19.2 Å². The Bertz CT molecular complexity index is 800. The Morgan fingerprint density at radius 1 is 1.33 bits per heavy atom. The minimum absolute atomic E-state index is 0.140. The van der Waals surface area contributed by atoms with Crippen LogP contribution in [0.1, 0.15) is 18.5 Å².